The molecule has 2 N–H and O–H groups in total. The second-order valence-corrected chi connectivity index (χ2v) is 5.49. The molecule has 1 saturated carbocycles. The van der Waals surface area contributed by atoms with Gasteiger partial charge in [0.2, 0.25) is 0 Å². The lowest BCUT2D eigenvalue weighted by Gasteiger charge is -2.30. The van der Waals surface area contributed by atoms with E-state index in [0.29, 0.717) is 6.04 Å². The number of nitrogens with zero attached hydrogens (tertiary/aromatic N) is 1. The molecule has 1 aromatic heterocycles. The van der Waals surface area contributed by atoms with Gasteiger partial charge in [-0.3, -0.25) is 4.90 Å². The van der Waals surface area contributed by atoms with Crippen molar-refractivity contribution in [3.8, 4) is 0 Å². The van der Waals surface area contributed by atoms with Crippen molar-refractivity contribution in [2.45, 2.75) is 51.2 Å². The smallest absolute Gasteiger partial charge is 0.0248 e. The average molecular weight is 238 g/mol. The zero-order valence-corrected chi connectivity index (χ0v) is 10.9. The van der Waals surface area contributed by atoms with Crippen LogP contribution in [0.1, 0.15) is 38.2 Å². The predicted molar refractivity (Wildman–Crippen MR) is 70.6 cm³/mol. The summed E-state index contributed by atoms with van der Waals surface area (Å²) in [5, 5.41) is 4.42. The number of hydrogen-bond acceptors (Lipinski definition) is 3. The Kier molecular flexibility index (Phi) is 4.38. The van der Waals surface area contributed by atoms with Crippen molar-refractivity contribution in [1.82, 2.24) is 4.90 Å². The summed E-state index contributed by atoms with van der Waals surface area (Å²) in [6, 6.07) is 3.62. The van der Waals surface area contributed by atoms with Gasteiger partial charge < -0.3 is 5.73 Å². The van der Waals surface area contributed by atoms with Gasteiger partial charge in [-0.25, -0.2) is 0 Å². The van der Waals surface area contributed by atoms with Gasteiger partial charge >= 0.3 is 0 Å². The third-order valence-electron chi connectivity index (χ3n) is 3.32. The lowest BCUT2D eigenvalue weighted by molar-refractivity contribution is 0.171. The Morgan fingerprint density at radius 3 is 2.88 bits per heavy atom. The Hall–Kier alpha value is -0.380. The Morgan fingerprint density at radius 2 is 2.38 bits per heavy atom. The maximum atomic E-state index is 5.92. The monoisotopic (exact) mass is 238 g/mol. The molecule has 2 nitrogen and oxygen atoms in total. The second-order valence-electron chi connectivity index (χ2n) is 4.71. The maximum Gasteiger partial charge on any atom is 0.0248 e. The maximum absolute atomic E-state index is 5.92. The van der Waals surface area contributed by atoms with Gasteiger partial charge in [0, 0.05) is 25.2 Å². The van der Waals surface area contributed by atoms with Crippen molar-refractivity contribution < 1.29 is 0 Å². The number of nitrogens with two attached hydrogens (primary N) is 1. The highest BCUT2D eigenvalue weighted by Crippen LogP contribution is 2.31. The van der Waals surface area contributed by atoms with Crippen LogP contribution < -0.4 is 5.73 Å². The summed E-state index contributed by atoms with van der Waals surface area (Å²) in [7, 11) is 0. The van der Waals surface area contributed by atoms with Gasteiger partial charge in [0.1, 0.15) is 0 Å². The third kappa shape index (κ3) is 3.06. The number of rotatable bonds is 7. The fraction of sp³-hybridized carbons (Fsp3) is 0.692. The van der Waals surface area contributed by atoms with E-state index in [1.165, 1.54) is 31.2 Å². The zero-order chi connectivity index (χ0) is 11.4. The molecule has 0 spiro atoms. The summed E-state index contributed by atoms with van der Waals surface area (Å²) in [4.78, 5) is 2.63. The molecule has 16 heavy (non-hydrogen) atoms. The molecule has 0 aromatic carbocycles. The van der Waals surface area contributed by atoms with Crippen LogP contribution in [0, 0.1) is 0 Å². The summed E-state index contributed by atoms with van der Waals surface area (Å²) >= 11 is 1.79. The average Bonchev–Trinajstić information content (AvgIpc) is 3.01. The third-order valence-corrected chi connectivity index (χ3v) is 4.06. The van der Waals surface area contributed by atoms with Gasteiger partial charge in [-0.2, -0.15) is 11.3 Å². The van der Waals surface area contributed by atoms with E-state index < -0.39 is 0 Å². The predicted octanol–water partition coefficient (Wildman–Crippen LogP) is 2.84. The first-order valence-electron chi connectivity index (χ1n) is 6.32. The summed E-state index contributed by atoms with van der Waals surface area (Å²) in [5.41, 5.74) is 7.37. The van der Waals surface area contributed by atoms with E-state index in [2.05, 4.69) is 28.7 Å². The Balaban J connectivity index is 1.98. The topological polar surface area (TPSA) is 29.3 Å². The second kappa shape index (κ2) is 5.80. The van der Waals surface area contributed by atoms with Crippen LogP contribution >= 0.6 is 11.3 Å². The van der Waals surface area contributed by atoms with Crippen LogP contribution in [-0.4, -0.2) is 23.5 Å². The Morgan fingerprint density at radius 1 is 1.56 bits per heavy atom. The molecule has 90 valence electrons. The highest BCUT2D eigenvalue weighted by Gasteiger charge is 2.32. The van der Waals surface area contributed by atoms with Gasteiger partial charge in [-0.15, -0.1) is 0 Å². The molecular formula is C13H22N2S. The van der Waals surface area contributed by atoms with Crippen molar-refractivity contribution in [2.75, 3.05) is 6.54 Å². The van der Waals surface area contributed by atoms with E-state index in [-0.39, 0.29) is 0 Å². The van der Waals surface area contributed by atoms with Crippen molar-refractivity contribution >= 4 is 11.3 Å². The molecule has 0 amide bonds. The van der Waals surface area contributed by atoms with Gasteiger partial charge in [-0.1, -0.05) is 13.3 Å². The number of hydrogen-bond donors (Lipinski definition) is 1. The van der Waals surface area contributed by atoms with Gasteiger partial charge in [0.05, 0.1) is 0 Å². The minimum absolute atomic E-state index is 0.581. The van der Waals surface area contributed by atoms with E-state index in [9.17, 15) is 0 Å². The Bertz CT molecular complexity index is 293. The molecule has 1 heterocycles. The molecule has 1 aromatic rings. The summed E-state index contributed by atoms with van der Waals surface area (Å²) in [5.74, 6) is 0. The first-order valence-corrected chi connectivity index (χ1v) is 7.26. The quantitative estimate of drug-likeness (QED) is 0.791. The van der Waals surface area contributed by atoms with Crippen molar-refractivity contribution in [3.05, 3.63) is 22.4 Å². The molecule has 1 unspecified atom stereocenters. The van der Waals surface area contributed by atoms with Crippen LogP contribution in [0.5, 0.6) is 0 Å². The first-order chi connectivity index (χ1) is 7.85. The fourth-order valence-electron chi connectivity index (χ4n) is 2.31. The molecule has 0 saturated heterocycles. The van der Waals surface area contributed by atoms with Crippen molar-refractivity contribution in [3.63, 3.8) is 0 Å². The van der Waals surface area contributed by atoms with Gasteiger partial charge in [0.25, 0.3) is 0 Å². The molecule has 3 heteroatoms. The lowest BCUT2D eigenvalue weighted by Crippen LogP contribution is -2.41. The molecular weight excluding hydrogens is 216 g/mol. The van der Waals surface area contributed by atoms with Crippen molar-refractivity contribution in [2.24, 2.45) is 5.73 Å². The molecule has 0 aliphatic heterocycles. The molecule has 1 atom stereocenters. The Labute approximate surface area is 102 Å². The van der Waals surface area contributed by atoms with E-state index in [1.807, 2.05) is 0 Å². The number of thiophene rings is 1. The zero-order valence-electron chi connectivity index (χ0n) is 10.1. The van der Waals surface area contributed by atoms with Crippen LogP contribution in [0.15, 0.2) is 16.8 Å². The van der Waals surface area contributed by atoms with Crippen LogP contribution in [0.25, 0.3) is 0 Å². The largest absolute Gasteiger partial charge is 0.329 e. The van der Waals surface area contributed by atoms with Crippen molar-refractivity contribution in [1.29, 1.82) is 0 Å². The standard InChI is InChI=1S/C13H22N2S/c1-2-3-13(8-14)15(12-4-5-12)9-11-6-7-16-10-11/h6-7,10,12-13H,2-5,8-9,14H2,1H3. The molecule has 0 bridgehead atoms. The highest BCUT2D eigenvalue weighted by molar-refractivity contribution is 7.07. The van der Waals surface area contributed by atoms with Crippen LogP contribution in [0.2, 0.25) is 0 Å². The fourth-order valence-corrected chi connectivity index (χ4v) is 2.97. The summed E-state index contributed by atoms with van der Waals surface area (Å²) < 4.78 is 0. The first kappa shape index (κ1) is 12.1. The van der Waals surface area contributed by atoms with Crippen LogP contribution in [0.3, 0.4) is 0 Å². The SMILES string of the molecule is CCCC(CN)N(Cc1ccsc1)C1CC1. The van der Waals surface area contributed by atoms with E-state index >= 15 is 0 Å². The van der Waals surface area contributed by atoms with Crippen LogP contribution in [-0.2, 0) is 6.54 Å². The van der Waals surface area contributed by atoms with E-state index in [0.717, 1.165) is 19.1 Å². The summed E-state index contributed by atoms with van der Waals surface area (Å²) in [6.45, 7) is 4.14. The molecule has 0 radical (unpaired) electrons. The minimum Gasteiger partial charge on any atom is -0.329 e. The normalized spacial score (nSPS) is 17.9. The summed E-state index contributed by atoms with van der Waals surface area (Å²) in [6.07, 6.45) is 5.20. The molecule has 1 fully saturated rings. The minimum atomic E-state index is 0.581. The molecule has 2 rings (SSSR count). The lowest BCUT2D eigenvalue weighted by atomic mass is 10.1. The van der Waals surface area contributed by atoms with E-state index in [4.69, 9.17) is 5.73 Å². The molecule has 1 aliphatic carbocycles. The van der Waals surface area contributed by atoms with E-state index in [1.54, 1.807) is 11.3 Å². The van der Waals surface area contributed by atoms with Gasteiger partial charge in [0.15, 0.2) is 0 Å². The molecule has 1 aliphatic rings. The van der Waals surface area contributed by atoms with Crippen LogP contribution in [0.4, 0.5) is 0 Å². The van der Waals surface area contributed by atoms with Gasteiger partial charge in [-0.05, 0) is 41.7 Å². The highest BCUT2D eigenvalue weighted by atomic mass is 32.1.